The minimum absolute atomic E-state index is 0.0382. The van der Waals surface area contributed by atoms with Crippen LogP contribution in [0.15, 0.2) is 35.5 Å². The van der Waals surface area contributed by atoms with Crippen LogP contribution in [0, 0.1) is 18.6 Å². The third-order valence-corrected chi connectivity index (χ3v) is 3.62. The highest BCUT2D eigenvalue weighted by Gasteiger charge is 2.22. The van der Waals surface area contributed by atoms with E-state index in [1.165, 1.54) is 17.0 Å². The van der Waals surface area contributed by atoms with E-state index in [2.05, 4.69) is 25.3 Å². The summed E-state index contributed by atoms with van der Waals surface area (Å²) in [5.41, 5.74) is 1.91. The Balaban J connectivity index is 2.00. The van der Waals surface area contributed by atoms with Crippen LogP contribution in [0.25, 0.3) is 22.6 Å². The molecule has 0 saturated heterocycles. The van der Waals surface area contributed by atoms with Gasteiger partial charge in [-0.25, -0.2) is 28.4 Å². The van der Waals surface area contributed by atoms with Gasteiger partial charge >= 0.3 is 0 Å². The Morgan fingerprint density at radius 2 is 1.92 bits per heavy atom. The Labute approximate surface area is 134 Å². The zero-order valence-corrected chi connectivity index (χ0v) is 12.4. The molecule has 3 heterocycles. The van der Waals surface area contributed by atoms with Gasteiger partial charge < -0.3 is 4.57 Å². The Morgan fingerprint density at radius 1 is 1.12 bits per heavy atom. The Bertz CT molecular complexity index is 1030. The number of rotatable bonds is 3. The van der Waals surface area contributed by atoms with E-state index >= 15 is 0 Å². The van der Waals surface area contributed by atoms with Crippen LogP contribution in [0.4, 0.5) is 8.78 Å². The third-order valence-electron chi connectivity index (χ3n) is 3.62. The normalized spacial score (nSPS) is 11.3. The van der Waals surface area contributed by atoms with Crippen LogP contribution in [0.5, 0.6) is 0 Å². The fraction of sp³-hybridized carbons (Fsp3) is 0.133. The van der Waals surface area contributed by atoms with Gasteiger partial charge in [0.25, 0.3) is 0 Å². The summed E-state index contributed by atoms with van der Waals surface area (Å²) in [4.78, 5) is 12.2. The third kappa shape index (κ3) is 2.21. The molecule has 4 aromatic rings. The Hall–Kier alpha value is -3.23. The topological polar surface area (TPSA) is 82.5 Å². The molecule has 0 aliphatic heterocycles. The van der Waals surface area contributed by atoms with Crippen molar-refractivity contribution in [3.05, 3.63) is 53.7 Å². The van der Waals surface area contributed by atoms with Crippen LogP contribution in [-0.4, -0.2) is 29.8 Å². The van der Waals surface area contributed by atoms with E-state index in [1.54, 1.807) is 19.3 Å². The van der Waals surface area contributed by atoms with Gasteiger partial charge in [0.15, 0.2) is 23.2 Å². The number of aryl methyl sites for hydroxylation is 1. The van der Waals surface area contributed by atoms with E-state index in [1.807, 2.05) is 0 Å². The summed E-state index contributed by atoms with van der Waals surface area (Å²) in [6.45, 7) is 1.89. The fourth-order valence-corrected chi connectivity index (χ4v) is 2.52. The second-order valence-corrected chi connectivity index (χ2v) is 5.20. The van der Waals surface area contributed by atoms with Crippen molar-refractivity contribution in [3.8, 4) is 11.5 Å². The van der Waals surface area contributed by atoms with E-state index in [0.717, 1.165) is 6.07 Å². The number of nitrogens with zero attached hydrogens (tertiary/aromatic N) is 6. The van der Waals surface area contributed by atoms with E-state index in [-0.39, 0.29) is 12.1 Å². The van der Waals surface area contributed by atoms with Crippen molar-refractivity contribution in [2.24, 2.45) is 0 Å². The molecule has 0 atom stereocenters. The average Bonchev–Trinajstić information content (AvgIpc) is 3.16. The highest BCUT2D eigenvalue weighted by molar-refractivity contribution is 5.81. The zero-order chi connectivity index (χ0) is 16.7. The van der Waals surface area contributed by atoms with Gasteiger partial charge in [-0.05, 0) is 24.2 Å². The lowest BCUT2D eigenvalue weighted by molar-refractivity contribution is 0.305. The van der Waals surface area contributed by atoms with Crippen molar-refractivity contribution >= 4 is 11.0 Å². The number of aromatic nitrogens is 6. The summed E-state index contributed by atoms with van der Waals surface area (Å²) in [6, 6.07) is 2.45. The van der Waals surface area contributed by atoms with Gasteiger partial charge in [0, 0.05) is 18.0 Å². The van der Waals surface area contributed by atoms with Crippen molar-refractivity contribution in [2.75, 3.05) is 0 Å². The minimum atomic E-state index is -0.975. The predicted molar refractivity (Wildman–Crippen MR) is 78.8 cm³/mol. The smallest absolute Gasteiger partial charge is 0.184 e. The highest BCUT2D eigenvalue weighted by atomic mass is 19.2. The Morgan fingerprint density at radius 3 is 2.62 bits per heavy atom. The van der Waals surface area contributed by atoms with Crippen molar-refractivity contribution in [3.63, 3.8) is 0 Å². The van der Waals surface area contributed by atoms with Crippen molar-refractivity contribution in [1.29, 1.82) is 0 Å². The van der Waals surface area contributed by atoms with Gasteiger partial charge in [-0.1, -0.05) is 5.16 Å². The first-order valence-electron chi connectivity index (χ1n) is 7.03. The number of hydrogen-bond acceptors (Lipinski definition) is 6. The lowest BCUT2D eigenvalue weighted by atomic mass is 10.2. The molecule has 0 unspecified atom stereocenters. The molecule has 7 nitrogen and oxygen atoms in total. The monoisotopic (exact) mass is 328 g/mol. The first kappa shape index (κ1) is 14.4. The summed E-state index contributed by atoms with van der Waals surface area (Å²) in [5.74, 6) is -1.59. The molecule has 0 fully saturated rings. The van der Waals surface area contributed by atoms with Gasteiger partial charge in [0.05, 0.1) is 12.1 Å². The maximum Gasteiger partial charge on any atom is 0.184 e. The molecule has 24 heavy (non-hydrogen) atoms. The SMILES string of the molecule is Cc1nonc1-c1nc2ccc(F)c(F)c2n1Cc1cncnc1. The predicted octanol–water partition coefficient (Wildman–Crippen LogP) is 2.51. The molecule has 0 bridgehead atoms. The van der Waals surface area contributed by atoms with Crippen molar-refractivity contribution < 1.29 is 13.4 Å². The number of hydrogen-bond donors (Lipinski definition) is 0. The van der Waals surface area contributed by atoms with Gasteiger partial charge in [-0.2, -0.15) is 0 Å². The molecule has 0 amide bonds. The summed E-state index contributed by atoms with van der Waals surface area (Å²) in [5, 5.41) is 7.54. The minimum Gasteiger partial charge on any atom is -0.315 e. The molecule has 120 valence electrons. The number of imidazole rings is 1. The van der Waals surface area contributed by atoms with Crippen LogP contribution in [0.2, 0.25) is 0 Å². The molecule has 0 radical (unpaired) electrons. The van der Waals surface area contributed by atoms with Crippen LogP contribution in [0.1, 0.15) is 11.3 Å². The number of fused-ring (bicyclic) bond motifs is 1. The first-order valence-corrected chi connectivity index (χ1v) is 7.03. The van der Waals surface area contributed by atoms with Crippen molar-refractivity contribution in [1.82, 2.24) is 29.8 Å². The average molecular weight is 328 g/mol. The fourth-order valence-electron chi connectivity index (χ4n) is 2.52. The quantitative estimate of drug-likeness (QED) is 0.575. The molecule has 0 N–H and O–H groups in total. The van der Waals surface area contributed by atoms with Gasteiger partial charge in [0.1, 0.15) is 17.5 Å². The lowest BCUT2D eigenvalue weighted by Crippen LogP contribution is -2.05. The Kier molecular flexibility index (Phi) is 3.26. The molecule has 1 aromatic carbocycles. The van der Waals surface area contributed by atoms with Crippen molar-refractivity contribution in [2.45, 2.75) is 13.5 Å². The molecule has 4 rings (SSSR count). The van der Waals surface area contributed by atoms with Crippen LogP contribution >= 0.6 is 0 Å². The van der Waals surface area contributed by atoms with E-state index < -0.39 is 11.6 Å². The van der Waals surface area contributed by atoms with Crippen LogP contribution in [0.3, 0.4) is 0 Å². The largest absolute Gasteiger partial charge is 0.315 e. The van der Waals surface area contributed by atoms with Crippen LogP contribution < -0.4 is 0 Å². The van der Waals surface area contributed by atoms with Gasteiger partial charge in [-0.15, -0.1) is 0 Å². The molecular formula is C15H10F2N6O. The summed E-state index contributed by atoms with van der Waals surface area (Å²) < 4.78 is 34.3. The van der Waals surface area contributed by atoms with Crippen LogP contribution in [-0.2, 0) is 6.54 Å². The maximum absolute atomic E-state index is 14.4. The summed E-state index contributed by atoms with van der Waals surface area (Å²) in [7, 11) is 0. The molecule has 9 heteroatoms. The summed E-state index contributed by atoms with van der Waals surface area (Å²) >= 11 is 0. The van der Waals surface area contributed by atoms with E-state index in [4.69, 9.17) is 4.63 Å². The lowest BCUT2D eigenvalue weighted by Gasteiger charge is -2.08. The summed E-state index contributed by atoms with van der Waals surface area (Å²) in [6.07, 6.45) is 4.57. The molecule has 0 spiro atoms. The van der Waals surface area contributed by atoms with E-state index in [9.17, 15) is 8.78 Å². The second-order valence-electron chi connectivity index (χ2n) is 5.20. The molecule has 0 aliphatic carbocycles. The second kappa shape index (κ2) is 5.44. The molecule has 0 saturated carbocycles. The molecule has 3 aromatic heterocycles. The molecular weight excluding hydrogens is 318 g/mol. The first-order chi connectivity index (χ1) is 11.6. The van der Waals surface area contributed by atoms with Gasteiger partial charge in [0.2, 0.25) is 0 Å². The number of halogens is 2. The molecule has 0 aliphatic rings. The maximum atomic E-state index is 14.4. The van der Waals surface area contributed by atoms with Gasteiger partial charge in [-0.3, -0.25) is 0 Å². The standard InChI is InChI=1S/C15H10F2N6O/c1-8-13(22-24-21-8)15-20-11-3-2-10(16)12(17)14(11)23(15)6-9-4-18-7-19-5-9/h2-5,7H,6H2,1H3. The zero-order valence-electron chi connectivity index (χ0n) is 12.4. The number of benzene rings is 1. The highest BCUT2D eigenvalue weighted by Crippen LogP contribution is 2.28. The van der Waals surface area contributed by atoms with E-state index in [0.29, 0.717) is 28.3 Å².